The number of rotatable bonds is 7. The van der Waals surface area contributed by atoms with Crippen LogP contribution in [0.1, 0.15) is 21.5 Å². The van der Waals surface area contributed by atoms with Gasteiger partial charge in [0.1, 0.15) is 5.75 Å². The number of pyridine rings is 2. The van der Waals surface area contributed by atoms with Crippen molar-refractivity contribution in [1.29, 1.82) is 0 Å². The van der Waals surface area contributed by atoms with Gasteiger partial charge in [-0.1, -0.05) is 30.4 Å². The normalized spacial score (nSPS) is 11.3. The summed E-state index contributed by atoms with van der Waals surface area (Å²) in [5, 5.41) is 11.3. The van der Waals surface area contributed by atoms with Crippen LogP contribution in [0.3, 0.4) is 0 Å². The lowest BCUT2D eigenvalue weighted by molar-refractivity contribution is -0.605. The molecular formula is C26H21N3O5S. The van der Waals surface area contributed by atoms with Gasteiger partial charge >= 0.3 is 0 Å². The molecule has 4 aromatic rings. The summed E-state index contributed by atoms with van der Waals surface area (Å²) in [5.74, 6) is -0.262. The van der Waals surface area contributed by atoms with E-state index < -0.39 is 15.9 Å². The molecule has 0 saturated heterocycles. The number of para-hydroxylation sites is 1. The molecule has 0 aliphatic heterocycles. The number of amides is 1. The minimum atomic E-state index is -4.32. The fourth-order valence-electron chi connectivity index (χ4n) is 3.34. The Bertz CT molecular complexity index is 1450. The van der Waals surface area contributed by atoms with Gasteiger partial charge in [-0.15, -0.1) is 0 Å². The molecule has 4 rings (SSSR count). The molecule has 1 amide bonds. The fourth-order valence-corrected chi connectivity index (χ4v) is 4.78. The van der Waals surface area contributed by atoms with Gasteiger partial charge in [-0.2, -0.15) is 9.04 Å². The number of benzene rings is 2. The maximum atomic E-state index is 13.8. The Hall–Kier alpha value is -4.50. The van der Waals surface area contributed by atoms with Crippen LogP contribution in [0.4, 0.5) is 5.69 Å². The third-order valence-corrected chi connectivity index (χ3v) is 6.84. The number of nitrogens with zero attached hydrogens (tertiary/aromatic N) is 3. The average Bonchev–Trinajstić information content (AvgIpc) is 2.89. The van der Waals surface area contributed by atoms with Crippen LogP contribution < -0.4 is 13.8 Å². The number of hydrogen-bond donors (Lipinski definition) is 0. The Kier molecular flexibility index (Phi) is 6.88. The third-order valence-electron chi connectivity index (χ3n) is 5.13. The molecule has 2 aromatic carbocycles. The molecule has 0 N–H and O–H groups in total. The van der Waals surface area contributed by atoms with Crippen LogP contribution in [0.25, 0.3) is 12.2 Å². The van der Waals surface area contributed by atoms with E-state index in [1.165, 1.54) is 62.2 Å². The van der Waals surface area contributed by atoms with E-state index in [-0.39, 0.29) is 16.1 Å². The highest BCUT2D eigenvalue weighted by atomic mass is 32.2. The molecule has 2 heterocycles. The van der Waals surface area contributed by atoms with Crippen LogP contribution in [0.5, 0.6) is 5.75 Å². The van der Waals surface area contributed by atoms with E-state index in [9.17, 15) is 18.4 Å². The molecule has 0 radical (unpaired) electrons. The van der Waals surface area contributed by atoms with E-state index in [1.807, 2.05) is 0 Å². The number of anilines is 1. The van der Waals surface area contributed by atoms with Gasteiger partial charge in [-0.25, -0.2) is 8.42 Å². The van der Waals surface area contributed by atoms with Gasteiger partial charge in [0.15, 0.2) is 12.4 Å². The van der Waals surface area contributed by atoms with Crippen molar-refractivity contribution in [3.05, 3.63) is 119 Å². The minimum Gasteiger partial charge on any atom is -0.619 e. The largest absolute Gasteiger partial charge is 0.619 e. The highest BCUT2D eigenvalue weighted by Gasteiger charge is 2.33. The molecule has 0 spiro atoms. The van der Waals surface area contributed by atoms with E-state index in [2.05, 4.69) is 4.98 Å². The Morgan fingerprint density at radius 2 is 1.69 bits per heavy atom. The summed E-state index contributed by atoms with van der Waals surface area (Å²) in [4.78, 5) is 17.5. The summed E-state index contributed by atoms with van der Waals surface area (Å²) in [6, 6.07) is 18.8. The van der Waals surface area contributed by atoms with Crippen molar-refractivity contribution < 1.29 is 22.7 Å². The van der Waals surface area contributed by atoms with Crippen molar-refractivity contribution in [2.24, 2.45) is 0 Å². The molecule has 35 heavy (non-hydrogen) atoms. The second-order valence-corrected chi connectivity index (χ2v) is 9.16. The zero-order valence-corrected chi connectivity index (χ0v) is 19.5. The Labute approximate surface area is 203 Å². The SMILES string of the molecule is COc1ccc(S(=O)(=O)N(C(=O)c2cccnc2)c2ccccc2C=Cc2cc[n+]([O-])cc2)cc1. The number of ether oxygens (including phenoxy) is 1. The maximum Gasteiger partial charge on any atom is 0.273 e. The summed E-state index contributed by atoms with van der Waals surface area (Å²) in [5.41, 5.74) is 1.51. The van der Waals surface area contributed by atoms with Crippen LogP contribution >= 0.6 is 0 Å². The quantitative estimate of drug-likeness (QED) is 0.289. The third kappa shape index (κ3) is 5.20. The van der Waals surface area contributed by atoms with Gasteiger partial charge in [0.25, 0.3) is 15.9 Å². The molecule has 0 unspecified atom stereocenters. The number of methoxy groups -OCH3 is 1. The van der Waals surface area contributed by atoms with Gasteiger partial charge in [0.05, 0.1) is 23.3 Å². The smallest absolute Gasteiger partial charge is 0.273 e. The summed E-state index contributed by atoms with van der Waals surface area (Å²) in [6.07, 6.45) is 8.95. The van der Waals surface area contributed by atoms with Crippen molar-refractivity contribution in [2.75, 3.05) is 11.4 Å². The van der Waals surface area contributed by atoms with Gasteiger partial charge in [0, 0.05) is 24.5 Å². The molecule has 0 atom stereocenters. The van der Waals surface area contributed by atoms with E-state index in [0.29, 0.717) is 16.0 Å². The highest BCUT2D eigenvalue weighted by molar-refractivity contribution is 7.93. The molecule has 8 nitrogen and oxygen atoms in total. The van der Waals surface area contributed by atoms with Gasteiger partial charge < -0.3 is 9.94 Å². The molecule has 176 valence electrons. The number of carbonyl (C=O) groups excluding carboxylic acids is 1. The number of sulfonamides is 1. The summed E-state index contributed by atoms with van der Waals surface area (Å²) in [7, 11) is -2.84. The predicted molar refractivity (Wildman–Crippen MR) is 132 cm³/mol. The zero-order valence-electron chi connectivity index (χ0n) is 18.7. The lowest BCUT2D eigenvalue weighted by Crippen LogP contribution is -2.37. The molecular weight excluding hydrogens is 466 g/mol. The summed E-state index contributed by atoms with van der Waals surface area (Å²) < 4.78 is 34.2. The van der Waals surface area contributed by atoms with Crippen molar-refractivity contribution in [3.63, 3.8) is 0 Å². The van der Waals surface area contributed by atoms with Crippen LogP contribution in [-0.2, 0) is 10.0 Å². The van der Waals surface area contributed by atoms with E-state index in [0.717, 1.165) is 9.87 Å². The van der Waals surface area contributed by atoms with Crippen LogP contribution in [0, 0.1) is 5.21 Å². The fraction of sp³-hybridized carbons (Fsp3) is 0.0385. The van der Waals surface area contributed by atoms with Gasteiger partial charge in [-0.05, 0) is 53.6 Å². The van der Waals surface area contributed by atoms with E-state index in [4.69, 9.17) is 4.74 Å². The molecule has 0 fully saturated rings. The van der Waals surface area contributed by atoms with Crippen LogP contribution in [-0.4, -0.2) is 26.4 Å². The van der Waals surface area contributed by atoms with Crippen molar-refractivity contribution in [3.8, 4) is 5.75 Å². The molecule has 0 bridgehead atoms. The van der Waals surface area contributed by atoms with Gasteiger partial charge in [-0.3, -0.25) is 9.78 Å². The van der Waals surface area contributed by atoms with Crippen LogP contribution in [0.15, 0.2) is 102 Å². The lowest BCUT2D eigenvalue weighted by atomic mass is 10.1. The second kappa shape index (κ2) is 10.2. The number of hydrogen-bond acceptors (Lipinski definition) is 6. The van der Waals surface area contributed by atoms with Crippen LogP contribution in [0.2, 0.25) is 0 Å². The van der Waals surface area contributed by atoms with E-state index in [1.54, 1.807) is 54.6 Å². The van der Waals surface area contributed by atoms with Crippen molar-refractivity contribution in [1.82, 2.24) is 4.98 Å². The molecule has 0 aliphatic carbocycles. The average molecular weight is 488 g/mol. The highest BCUT2D eigenvalue weighted by Crippen LogP contribution is 2.31. The first-order valence-corrected chi connectivity index (χ1v) is 11.9. The Morgan fingerprint density at radius 1 is 0.971 bits per heavy atom. The van der Waals surface area contributed by atoms with Crippen molar-refractivity contribution in [2.45, 2.75) is 4.90 Å². The Morgan fingerprint density at radius 3 is 2.34 bits per heavy atom. The number of aromatic nitrogens is 2. The summed E-state index contributed by atoms with van der Waals surface area (Å²) in [6.45, 7) is 0. The molecule has 0 aliphatic rings. The standard InChI is InChI=1S/C26H21N3O5S/c1-34-23-10-12-24(13-11-23)35(32,33)29(26(30)22-6-4-16-27-19-22)25-7-3-2-5-21(25)9-8-20-14-17-28(31)18-15-20/h2-19H,1H3. The number of carbonyl (C=O) groups is 1. The maximum absolute atomic E-state index is 13.8. The first-order valence-electron chi connectivity index (χ1n) is 10.5. The second-order valence-electron chi connectivity index (χ2n) is 7.38. The topological polar surface area (TPSA) is 104 Å². The predicted octanol–water partition coefficient (Wildman–Crippen LogP) is 3.93. The summed E-state index contributed by atoms with van der Waals surface area (Å²) >= 11 is 0. The zero-order chi connectivity index (χ0) is 24.8. The van der Waals surface area contributed by atoms with E-state index >= 15 is 0 Å². The molecule has 2 aromatic heterocycles. The molecule has 0 saturated carbocycles. The lowest BCUT2D eigenvalue weighted by Gasteiger charge is -2.24. The minimum absolute atomic E-state index is 0.0719. The first-order chi connectivity index (χ1) is 16.9. The first kappa shape index (κ1) is 23.7. The van der Waals surface area contributed by atoms with Gasteiger partial charge in [0.2, 0.25) is 0 Å². The van der Waals surface area contributed by atoms with Crippen molar-refractivity contribution >= 4 is 33.8 Å². The Balaban J connectivity index is 1.84. The molecule has 9 heteroatoms. The monoisotopic (exact) mass is 487 g/mol.